The molecular weight excluding hydrogens is 192 g/mol. The molecular formula is C12H20O3. The summed E-state index contributed by atoms with van der Waals surface area (Å²) in [5, 5.41) is 9.88. The summed E-state index contributed by atoms with van der Waals surface area (Å²) in [5.74, 6) is 0.106. The minimum atomic E-state index is -0.330. The molecule has 86 valence electrons. The molecule has 15 heavy (non-hydrogen) atoms. The van der Waals surface area contributed by atoms with Crippen molar-refractivity contribution in [1.29, 1.82) is 0 Å². The first-order valence-corrected chi connectivity index (χ1v) is 6.24. The molecule has 0 radical (unpaired) electrons. The molecule has 1 N–H and O–H groups in total. The highest BCUT2D eigenvalue weighted by molar-refractivity contribution is 4.99. The van der Waals surface area contributed by atoms with Crippen LogP contribution in [0.4, 0.5) is 0 Å². The average Bonchev–Trinajstić information content (AvgIpc) is 2.69. The maximum absolute atomic E-state index is 9.88. The number of hydrogen-bond donors (Lipinski definition) is 1. The molecule has 0 aromatic rings. The van der Waals surface area contributed by atoms with Gasteiger partial charge >= 0.3 is 0 Å². The standard InChI is InChI=1S/C12H20O3/c1-8-7-9(13)11-10(8)14-12(15-11)5-3-2-4-6-12/h8-11,13H,2-7H2,1H3/t8-,9-,10+,11-/m0/s1. The lowest BCUT2D eigenvalue weighted by molar-refractivity contribution is -0.208. The fourth-order valence-electron chi connectivity index (χ4n) is 3.37. The first kappa shape index (κ1) is 10.1. The Labute approximate surface area is 90.8 Å². The van der Waals surface area contributed by atoms with E-state index in [0.717, 1.165) is 19.3 Å². The van der Waals surface area contributed by atoms with E-state index < -0.39 is 0 Å². The molecule has 0 amide bonds. The minimum absolute atomic E-state index is 0.0573. The quantitative estimate of drug-likeness (QED) is 0.666. The molecule has 0 bridgehead atoms. The molecule has 4 atom stereocenters. The summed E-state index contributed by atoms with van der Waals surface area (Å²) in [5.41, 5.74) is 0. The predicted octanol–water partition coefficient (Wildman–Crippen LogP) is 1.83. The van der Waals surface area contributed by atoms with E-state index in [4.69, 9.17) is 9.47 Å². The van der Waals surface area contributed by atoms with E-state index in [9.17, 15) is 5.11 Å². The molecule has 2 aliphatic carbocycles. The molecule has 0 aromatic heterocycles. The summed E-state index contributed by atoms with van der Waals surface area (Å²) in [4.78, 5) is 0. The van der Waals surface area contributed by atoms with Crippen molar-refractivity contribution in [3.8, 4) is 0 Å². The molecule has 3 nitrogen and oxygen atoms in total. The largest absolute Gasteiger partial charge is 0.390 e. The maximum atomic E-state index is 9.88. The average molecular weight is 212 g/mol. The Morgan fingerprint density at radius 1 is 1.07 bits per heavy atom. The number of hydrogen-bond acceptors (Lipinski definition) is 3. The van der Waals surface area contributed by atoms with Crippen LogP contribution in [0.5, 0.6) is 0 Å². The van der Waals surface area contributed by atoms with Crippen LogP contribution < -0.4 is 0 Å². The summed E-state index contributed by atoms with van der Waals surface area (Å²) in [7, 11) is 0. The number of rotatable bonds is 0. The van der Waals surface area contributed by atoms with Crippen LogP contribution in [-0.2, 0) is 9.47 Å². The third kappa shape index (κ3) is 1.52. The zero-order valence-electron chi connectivity index (χ0n) is 9.32. The number of aliphatic hydroxyl groups is 1. The second-order valence-electron chi connectivity index (χ2n) is 5.42. The summed E-state index contributed by atoms with van der Waals surface area (Å²) in [6.45, 7) is 2.15. The topological polar surface area (TPSA) is 38.7 Å². The molecule has 1 heterocycles. The molecule has 1 spiro atoms. The summed E-state index contributed by atoms with van der Waals surface area (Å²) in [6, 6.07) is 0. The van der Waals surface area contributed by atoms with Gasteiger partial charge in [0.05, 0.1) is 12.2 Å². The number of aliphatic hydroxyl groups excluding tert-OH is 1. The van der Waals surface area contributed by atoms with Crippen molar-refractivity contribution in [3.05, 3.63) is 0 Å². The van der Waals surface area contributed by atoms with Crippen molar-refractivity contribution in [2.45, 2.75) is 69.5 Å². The highest BCUT2D eigenvalue weighted by Gasteiger charge is 2.55. The zero-order valence-corrected chi connectivity index (χ0v) is 9.32. The van der Waals surface area contributed by atoms with Gasteiger partial charge in [-0.25, -0.2) is 0 Å². The van der Waals surface area contributed by atoms with E-state index in [2.05, 4.69) is 6.92 Å². The first-order valence-electron chi connectivity index (χ1n) is 6.24. The summed E-state index contributed by atoms with van der Waals surface area (Å²) < 4.78 is 12.1. The fraction of sp³-hybridized carbons (Fsp3) is 1.00. The van der Waals surface area contributed by atoms with Gasteiger partial charge in [-0.3, -0.25) is 0 Å². The van der Waals surface area contributed by atoms with E-state index in [-0.39, 0.29) is 24.1 Å². The molecule has 3 aliphatic rings. The zero-order chi connectivity index (χ0) is 10.5. The van der Waals surface area contributed by atoms with Gasteiger partial charge in [0.15, 0.2) is 5.79 Å². The number of fused-ring (bicyclic) bond motifs is 1. The van der Waals surface area contributed by atoms with Crippen LogP contribution in [0.1, 0.15) is 45.4 Å². The Bertz CT molecular complexity index is 229. The number of ether oxygens (including phenoxy) is 2. The van der Waals surface area contributed by atoms with E-state index >= 15 is 0 Å². The van der Waals surface area contributed by atoms with E-state index in [1.165, 1.54) is 19.3 Å². The molecule has 1 aliphatic heterocycles. The van der Waals surface area contributed by atoms with Crippen molar-refractivity contribution in [2.75, 3.05) is 0 Å². The smallest absolute Gasteiger partial charge is 0.169 e. The van der Waals surface area contributed by atoms with Gasteiger partial charge in [0.25, 0.3) is 0 Å². The third-order valence-corrected chi connectivity index (χ3v) is 4.19. The van der Waals surface area contributed by atoms with E-state index in [1.54, 1.807) is 0 Å². The Hall–Kier alpha value is -0.120. The van der Waals surface area contributed by atoms with Gasteiger partial charge in [-0.2, -0.15) is 0 Å². The monoisotopic (exact) mass is 212 g/mol. The van der Waals surface area contributed by atoms with Gasteiger partial charge in [0.2, 0.25) is 0 Å². The third-order valence-electron chi connectivity index (χ3n) is 4.19. The van der Waals surface area contributed by atoms with Crippen LogP contribution in [0.2, 0.25) is 0 Å². The summed E-state index contributed by atoms with van der Waals surface area (Å²) >= 11 is 0. The molecule has 3 rings (SSSR count). The Balaban J connectivity index is 1.77. The molecule has 3 heteroatoms. The second-order valence-corrected chi connectivity index (χ2v) is 5.42. The van der Waals surface area contributed by atoms with Crippen LogP contribution in [0.3, 0.4) is 0 Å². The Morgan fingerprint density at radius 3 is 2.40 bits per heavy atom. The second kappa shape index (κ2) is 3.44. The van der Waals surface area contributed by atoms with Crippen LogP contribution in [0.15, 0.2) is 0 Å². The summed E-state index contributed by atoms with van der Waals surface area (Å²) in [6.07, 6.45) is 6.31. The van der Waals surface area contributed by atoms with Gasteiger partial charge < -0.3 is 14.6 Å². The van der Waals surface area contributed by atoms with Crippen LogP contribution in [-0.4, -0.2) is 29.2 Å². The fourth-order valence-corrected chi connectivity index (χ4v) is 3.37. The lowest BCUT2D eigenvalue weighted by atomic mass is 9.94. The van der Waals surface area contributed by atoms with Crippen molar-refractivity contribution in [1.82, 2.24) is 0 Å². The van der Waals surface area contributed by atoms with E-state index in [0.29, 0.717) is 5.92 Å². The molecule has 2 saturated carbocycles. The van der Waals surface area contributed by atoms with Gasteiger partial charge in [-0.15, -0.1) is 0 Å². The van der Waals surface area contributed by atoms with Gasteiger partial charge in [0.1, 0.15) is 6.10 Å². The van der Waals surface area contributed by atoms with Crippen molar-refractivity contribution < 1.29 is 14.6 Å². The first-order chi connectivity index (χ1) is 7.20. The van der Waals surface area contributed by atoms with E-state index in [1.807, 2.05) is 0 Å². The minimum Gasteiger partial charge on any atom is -0.390 e. The van der Waals surface area contributed by atoms with Gasteiger partial charge in [-0.1, -0.05) is 13.3 Å². The molecule has 0 aromatic carbocycles. The van der Waals surface area contributed by atoms with Crippen molar-refractivity contribution >= 4 is 0 Å². The van der Waals surface area contributed by atoms with Crippen LogP contribution >= 0.6 is 0 Å². The highest BCUT2D eigenvalue weighted by atomic mass is 16.8. The van der Waals surface area contributed by atoms with Crippen molar-refractivity contribution in [2.24, 2.45) is 5.92 Å². The lowest BCUT2D eigenvalue weighted by Crippen LogP contribution is -2.35. The van der Waals surface area contributed by atoms with Crippen LogP contribution in [0, 0.1) is 5.92 Å². The SMILES string of the molecule is C[C@H]1C[C@H](O)[C@@H]2OC3(CCCCC3)O[C@@H]21. The highest BCUT2D eigenvalue weighted by Crippen LogP contribution is 2.47. The van der Waals surface area contributed by atoms with Crippen LogP contribution in [0.25, 0.3) is 0 Å². The van der Waals surface area contributed by atoms with Crippen molar-refractivity contribution in [3.63, 3.8) is 0 Å². The molecule has 3 fully saturated rings. The molecule has 1 saturated heterocycles. The predicted molar refractivity (Wildman–Crippen MR) is 55.3 cm³/mol. The Kier molecular flexibility index (Phi) is 2.31. The normalized spacial score (nSPS) is 48.4. The lowest BCUT2D eigenvalue weighted by Gasteiger charge is -2.33. The van der Waals surface area contributed by atoms with Gasteiger partial charge in [-0.05, 0) is 25.2 Å². The molecule has 0 unspecified atom stereocenters. The van der Waals surface area contributed by atoms with Gasteiger partial charge in [0, 0.05) is 12.8 Å². The maximum Gasteiger partial charge on any atom is 0.169 e. The Morgan fingerprint density at radius 2 is 1.73 bits per heavy atom.